The topological polar surface area (TPSA) is 71.2 Å². The molecule has 0 fully saturated rings. The van der Waals surface area contributed by atoms with Crippen molar-refractivity contribution in [1.29, 1.82) is 0 Å². The Bertz CT molecular complexity index is 262. The predicted octanol–water partition coefficient (Wildman–Crippen LogP) is 0.629. The Hall–Kier alpha value is -0.940. The van der Waals surface area contributed by atoms with E-state index < -0.39 is 0 Å². The highest BCUT2D eigenvalue weighted by atomic mass is 16.4. The van der Waals surface area contributed by atoms with Crippen molar-refractivity contribution < 1.29 is 9.52 Å². The van der Waals surface area contributed by atoms with E-state index in [0.29, 0.717) is 24.9 Å². The largest absolute Gasteiger partial charge is 0.424 e. The number of rotatable bonds is 6. The molecule has 0 radical (unpaired) electrons. The van der Waals surface area contributed by atoms with Gasteiger partial charge in [0.25, 0.3) is 0 Å². The van der Waals surface area contributed by atoms with Gasteiger partial charge in [-0.05, 0) is 6.42 Å². The molecule has 0 spiro atoms. The molecule has 0 amide bonds. The molecule has 0 aliphatic rings. The Balaban J connectivity index is 2.15. The van der Waals surface area contributed by atoms with Crippen molar-refractivity contribution in [2.75, 3.05) is 6.54 Å². The number of hydrogen-bond donors (Lipinski definition) is 2. The quantitative estimate of drug-likeness (QED) is 0.703. The summed E-state index contributed by atoms with van der Waals surface area (Å²) in [6, 6.07) is 0. The van der Waals surface area contributed by atoms with Gasteiger partial charge in [0, 0.05) is 13.5 Å². The highest BCUT2D eigenvalue weighted by Gasteiger charge is 2.04. The van der Waals surface area contributed by atoms with Gasteiger partial charge in [0.15, 0.2) is 0 Å². The van der Waals surface area contributed by atoms with Crippen LogP contribution in [0, 0.1) is 6.92 Å². The first kappa shape index (κ1) is 11.1. The van der Waals surface area contributed by atoms with Crippen LogP contribution in [0.2, 0.25) is 0 Å². The van der Waals surface area contributed by atoms with E-state index in [4.69, 9.17) is 4.42 Å². The Morgan fingerprint density at radius 1 is 1.50 bits per heavy atom. The second kappa shape index (κ2) is 5.72. The maximum Gasteiger partial charge on any atom is 0.230 e. The molecule has 5 heteroatoms. The second-order valence-electron chi connectivity index (χ2n) is 3.29. The zero-order valence-electron chi connectivity index (χ0n) is 8.66. The molecule has 0 saturated heterocycles. The predicted molar refractivity (Wildman–Crippen MR) is 51.7 cm³/mol. The zero-order chi connectivity index (χ0) is 10.4. The van der Waals surface area contributed by atoms with E-state index in [9.17, 15) is 5.11 Å². The molecular weight excluding hydrogens is 182 g/mol. The molecule has 1 unspecified atom stereocenters. The average Bonchev–Trinajstić information content (AvgIpc) is 2.52. The molecule has 1 rings (SSSR count). The van der Waals surface area contributed by atoms with Crippen LogP contribution in [-0.2, 0) is 6.54 Å². The van der Waals surface area contributed by atoms with Crippen LogP contribution in [0.5, 0.6) is 0 Å². The van der Waals surface area contributed by atoms with Crippen LogP contribution >= 0.6 is 0 Å². The molecule has 0 saturated carbocycles. The van der Waals surface area contributed by atoms with Gasteiger partial charge in [0.2, 0.25) is 11.8 Å². The van der Waals surface area contributed by atoms with E-state index >= 15 is 0 Å². The molecule has 1 atom stereocenters. The molecule has 1 heterocycles. The SMILES string of the molecule is CCCC(O)CNCc1nnc(C)o1. The van der Waals surface area contributed by atoms with Gasteiger partial charge < -0.3 is 14.8 Å². The van der Waals surface area contributed by atoms with Crippen LogP contribution in [0.1, 0.15) is 31.5 Å². The number of nitrogens with one attached hydrogen (secondary N) is 1. The molecule has 0 aliphatic heterocycles. The lowest BCUT2D eigenvalue weighted by molar-refractivity contribution is 0.159. The van der Waals surface area contributed by atoms with Gasteiger partial charge in [-0.25, -0.2) is 0 Å². The molecule has 80 valence electrons. The summed E-state index contributed by atoms with van der Waals surface area (Å²) < 4.78 is 5.16. The fourth-order valence-corrected chi connectivity index (χ4v) is 1.19. The van der Waals surface area contributed by atoms with Crippen LogP contribution in [0.25, 0.3) is 0 Å². The summed E-state index contributed by atoms with van der Waals surface area (Å²) in [6.07, 6.45) is 1.52. The fraction of sp³-hybridized carbons (Fsp3) is 0.778. The van der Waals surface area contributed by atoms with Crippen LogP contribution in [-0.4, -0.2) is 28.0 Å². The lowest BCUT2D eigenvalue weighted by Gasteiger charge is -2.08. The number of nitrogens with zero attached hydrogens (tertiary/aromatic N) is 2. The van der Waals surface area contributed by atoms with E-state index in [2.05, 4.69) is 15.5 Å². The third-order valence-electron chi connectivity index (χ3n) is 1.85. The van der Waals surface area contributed by atoms with E-state index in [1.165, 1.54) is 0 Å². The normalized spacial score (nSPS) is 13.1. The fourth-order valence-electron chi connectivity index (χ4n) is 1.19. The number of aromatic nitrogens is 2. The molecule has 1 aromatic rings. The summed E-state index contributed by atoms with van der Waals surface area (Å²) in [7, 11) is 0. The summed E-state index contributed by atoms with van der Waals surface area (Å²) in [6.45, 7) is 4.88. The maximum atomic E-state index is 9.40. The first-order chi connectivity index (χ1) is 6.72. The Morgan fingerprint density at radius 2 is 2.29 bits per heavy atom. The average molecular weight is 199 g/mol. The van der Waals surface area contributed by atoms with E-state index in [1.807, 2.05) is 6.92 Å². The van der Waals surface area contributed by atoms with Crippen molar-refractivity contribution >= 4 is 0 Å². The van der Waals surface area contributed by atoms with Gasteiger partial charge in [-0.2, -0.15) is 0 Å². The minimum Gasteiger partial charge on any atom is -0.424 e. The van der Waals surface area contributed by atoms with Crippen LogP contribution in [0.15, 0.2) is 4.42 Å². The summed E-state index contributed by atoms with van der Waals surface area (Å²) >= 11 is 0. The minimum atomic E-state index is -0.288. The van der Waals surface area contributed by atoms with Gasteiger partial charge in [0.1, 0.15) is 0 Å². The van der Waals surface area contributed by atoms with Crippen molar-refractivity contribution in [3.8, 4) is 0 Å². The molecular formula is C9H17N3O2. The molecule has 0 bridgehead atoms. The van der Waals surface area contributed by atoms with E-state index in [-0.39, 0.29) is 6.10 Å². The Labute approximate surface area is 83.5 Å². The number of aryl methyl sites for hydroxylation is 1. The lowest BCUT2D eigenvalue weighted by Crippen LogP contribution is -2.26. The third-order valence-corrected chi connectivity index (χ3v) is 1.85. The van der Waals surface area contributed by atoms with Crippen LogP contribution < -0.4 is 5.32 Å². The highest BCUT2D eigenvalue weighted by molar-refractivity contribution is 4.78. The summed E-state index contributed by atoms with van der Waals surface area (Å²) in [5.74, 6) is 1.13. The molecule has 2 N–H and O–H groups in total. The monoisotopic (exact) mass is 199 g/mol. The smallest absolute Gasteiger partial charge is 0.230 e. The van der Waals surface area contributed by atoms with E-state index in [0.717, 1.165) is 12.8 Å². The lowest BCUT2D eigenvalue weighted by atomic mass is 10.2. The van der Waals surface area contributed by atoms with Gasteiger partial charge in [-0.15, -0.1) is 10.2 Å². The second-order valence-corrected chi connectivity index (χ2v) is 3.29. The maximum absolute atomic E-state index is 9.40. The number of hydrogen-bond acceptors (Lipinski definition) is 5. The summed E-state index contributed by atoms with van der Waals surface area (Å²) in [4.78, 5) is 0. The first-order valence-electron chi connectivity index (χ1n) is 4.90. The van der Waals surface area contributed by atoms with Crippen molar-refractivity contribution in [3.63, 3.8) is 0 Å². The van der Waals surface area contributed by atoms with Crippen molar-refractivity contribution in [2.24, 2.45) is 0 Å². The summed E-state index contributed by atoms with van der Waals surface area (Å²) in [5.41, 5.74) is 0. The molecule has 1 aromatic heterocycles. The van der Waals surface area contributed by atoms with Crippen molar-refractivity contribution in [1.82, 2.24) is 15.5 Å². The third kappa shape index (κ3) is 3.85. The standard InChI is InChI=1S/C9H17N3O2/c1-3-4-8(13)5-10-6-9-12-11-7(2)14-9/h8,10,13H,3-6H2,1-2H3. The van der Waals surface area contributed by atoms with Gasteiger partial charge >= 0.3 is 0 Å². The van der Waals surface area contributed by atoms with Gasteiger partial charge in [-0.3, -0.25) is 0 Å². The number of aliphatic hydroxyl groups excluding tert-OH is 1. The first-order valence-corrected chi connectivity index (χ1v) is 4.90. The van der Waals surface area contributed by atoms with Crippen LogP contribution in [0.4, 0.5) is 0 Å². The Morgan fingerprint density at radius 3 is 2.86 bits per heavy atom. The van der Waals surface area contributed by atoms with Crippen molar-refractivity contribution in [2.45, 2.75) is 39.3 Å². The Kier molecular flexibility index (Phi) is 4.55. The van der Waals surface area contributed by atoms with Crippen LogP contribution in [0.3, 0.4) is 0 Å². The number of aliphatic hydroxyl groups is 1. The summed E-state index contributed by atoms with van der Waals surface area (Å²) in [5, 5.41) is 20.0. The van der Waals surface area contributed by atoms with Gasteiger partial charge in [0.05, 0.1) is 12.6 Å². The minimum absolute atomic E-state index is 0.288. The zero-order valence-corrected chi connectivity index (χ0v) is 8.66. The van der Waals surface area contributed by atoms with Gasteiger partial charge in [-0.1, -0.05) is 13.3 Å². The highest BCUT2D eigenvalue weighted by Crippen LogP contribution is 1.98. The molecule has 5 nitrogen and oxygen atoms in total. The molecule has 14 heavy (non-hydrogen) atoms. The van der Waals surface area contributed by atoms with E-state index in [1.54, 1.807) is 6.92 Å². The van der Waals surface area contributed by atoms with Crippen molar-refractivity contribution in [3.05, 3.63) is 11.8 Å². The molecule has 0 aliphatic carbocycles. The molecule has 0 aromatic carbocycles.